The predicted molar refractivity (Wildman–Crippen MR) is 73.6 cm³/mol. The van der Waals surface area contributed by atoms with Gasteiger partial charge in [0, 0.05) is 25.7 Å². The van der Waals surface area contributed by atoms with Crippen LogP contribution in [0.2, 0.25) is 0 Å². The highest BCUT2D eigenvalue weighted by Crippen LogP contribution is 2.10. The van der Waals surface area contributed by atoms with Crippen LogP contribution in [0.15, 0.2) is 0 Å². The third-order valence-corrected chi connectivity index (χ3v) is 4.16. The molecule has 2 aliphatic heterocycles. The second-order valence-electron chi connectivity index (χ2n) is 5.56. The quantitative estimate of drug-likeness (QED) is 0.796. The average molecular weight is 253 g/mol. The van der Waals surface area contributed by atoms with Crippen molar-refractivity contribution in [2.24, 2.45) is 0 Å². The third-order valence-electron chi connectivity index (χ3n) is 4.16. The van der Waals surface area contributed by atoms with Crippen LogP contribution < -0.4 is 5.32 Å². The molecule has 1 atom stereocenters. The first-order valence-electron chi connectivity index (χ1n) is 7.53. The summed E-state index contributed by atoms with van der Waals surface area (Å²) < 4.78 is 0. The molecule has 2 aliphatic rings. The van der Waals surface area contributed by atoms with E-state index in [0.29, 0.717) is 18.5 Å². The van der Waals surface area contributed by atoms with Crippen molar-refractivity contribution >= 4 is 5.91 Å². The lowest BCUT2D eigenvalue weighted by molar-refractivity contribution is -0.133. The zero-order valence-electron chi connectivity index (χ0n) is 11.7. The van der Waals surface area contributed by atoms with Crippen LogP contribution in [-0.2, 0) is 4.79 Å². The van der Waals surface area contributed by atoms with Crippen molar-refractivity contribution in [1.82, 2.24) is 15.1 Å². The van der Waals surface area contributed by atoms with E-state index in [2.05, 4.69) is 17.1 Å². The molecule has 2 heterocycles. The van der Waals surface area contributed by atoms with Gasteiger partial charge in [-0.1, -0.05) is 6.92 Å². The molecule has 2 rings (SSSR count). The molecule has 0 radical (unpaired) electrons. The number of nitrogens with one attached hydrogen (secondary N) is 1. The minimum absolute atomic E-state index is 0.328. The van der Waals surface area contributed by atoms with Gasteiger partial charge in [-0.25, -0.2) is 0 Å². The molecule has 2 fully saturated rings. The van der Waals surface area contributed by atoms with Crippen LogP contribution in [0.25, 0.3) is 0 Å². The van der Waals surface area contributed by atoms with E-state index in [1.165, 1.54) is 32.1 Å². The summed E-state index contributed by atoms with van der Waals surface area (Å²) >= 11 is 0. The molecule has 0 aliphatic carbocycles. The maximum absolute atomic E-state index is 12.2. The Kier molecular flexibility index (Phi) is 5.45. The number of likely N-dealkylation sites (tertiary alicyclic amines) is 1. The number of hydrogen-bond acceptors (Lipinski definition) is 3. The van der Waals surface area contributed by atoms with Gasteiger partial charge in [-0.15, -0.1) is 0 Å². The fourth-order valence-corrected chi connectivity index (χ4v) is 2.96. The molecule has 0 aromatic heterocycles. The fraction of sp³-hybridized carbons (Fsp3) is 0.929. The molecule has 0 saturated carbocycles. The summed E-state index contributed by atoms with van der Waals surface area (Å²) in [5.74, 6) is 0.328. The van der Waals surface area contributed by atoms with E-state index in [-0.39, 0.29) is 0 Å². The second kappa shape index (κ2) is 7.10. The van der Waals surface area contributed by atoms with E-state index in [0.717, 1.165) is 32.7 Å². The zero-order valence-corrected chi connectivity index (χ0v) is 11.7. The van der Waals surface area contributed by atoms with E-state index in [1.54, 1.807) is 0 Å². The molecule has 0 spiro atoms. The van der Waals surface area contributed by atoms with Crippen LogP contribution in [0.4, 0.5) is 0 Å². The Balaban J connectivity index is 1.75. The highest BCUT2D eigenvalue weighted by atomic mass is 16.2. The van der Waals surface area contributed by atoms with Crippen molar-refractivity contribution in [2.75, 3.05) is 39.3 Å². The number of amides is 1. The summed E-state index contributed by atoms with van der Waals surface area (Å²) in [6.07, 6.45) is 6.19. The number of hydrogen-bond donors (Lipinski definition) is 1. The number of carbonyl (C=O) groups is 1. The van der Waals surface area contributed by atoms with E-state index in [4.69, 9.17) is 0 Å². The van der Waals surface area contributed by atoms with Gasteiger partial charge in [0.25, 0.3) is 0 Å². The van der Waals surface area contributed by atoms with E-state index in [9.17, 15) is 4.79 Å². The SMILES string of the molecule is CCN(CC(=O)N1CCCCC1)CC1CCCN1. The molecule has 104 valence electrons. The second-order valence-corrected chi connectivity index (χ2v) is 5.56. The van der Waals surface area contributed by atoms with Crippen LogP contribution in [0, 0.1) is 0 Å². The molecule has 4 heteroatoms. The smallest absolute Gasteiger partial charge is 0.236 e. The Morgan fingerprint density at radius 2 is 2.06 bits per heavy atom. The number of carbonyl (C=O) groups excluding carboxylic acids is 1. The first-order chi connectivity index (χ1) is 8.79. The first-order valence-corrected chi connectivity index (χ1v) is 7.53. The fourth-order valence-electron chi connectivity index (χ4n) is 2.96. The van der Waals surface area contributed by atoms with Gasteiger partial charge in [0.05, 0.1) is 6.54 Å². The van der Waals surface area contributed by atoms with Crippen molar-refractivity contribution < 1.29 is 4.79 Å². The number of likely N-dealkylation sites (N-methyl/N-ethyl adjacent to an activating group) is 1. The lowest BCUT2D eigenvalue weighted by Crippen LogP contribution is -2.45. The lowest BCUT2D eigenvalue weighted by Gasteiger charge is -2.30. The van der Waals surface area contributed by atoms with E-state index in [1.807, 2.05) is 4.90 Å². The van der Waals surface area contributed by atoms with Crippen molar-refractivity contribution in [2.45, 2.75) is 45.1 Å². The van der Waals surface area contributed by atoms with Gasteiger partial charge in [-0.05, 0) is 45.2 Å². The molecule has 4 nitrogen and oxygen atoms in total. The molecule has 1 unspecified atom stereocenters. The van der Waals surface area contributed by atoms with E-state index < -0.39 is 0 Å². The monoisotopic (exact) mass is 253 g/mol. The Morgan fingerprint density at radius 3 is 2.67 bits per heavy atom. The number of nitrogens with zero attached hydrogens (tertiary/aromatic N) is 2. The van der Waals surface area contributed by atoms with Crippen molar-refractivity contribution in [1.29, 1.82) is 0 Å². The predicted octanol–water partition coefficient (Wildman–Crippen LogP) is 1.07. The molecule has 0 aromatic carbocycles. The van der Waals surface area contributed by atoms with Crippen LogP contribution >= 0.6 is 0 Å². The van der Waals surface area contributed by atoms with Gasteiger partial charge in [0.2, 0.25) is 5.91 Å². The molecular weight excluding hydrogens is 226 g/mol. The van der Waals surface area contributed by atoms with Gasteiger partial charge in [-0.3, -0.25) is 9.69 Å². The highest BCUT2D eigenvalue weighted by molar-refractivity contribution is 5.78. The third kappa shape index (κ3) is 3.95. The largest absolute Gasteiger partial charge is 0.342 e. The average Bonchev–Trinajstić information content (AvgIpc) is 2.91. The Morgan fingerprint density at radius 1 is 1.28 bits per heavy atom. The minimum Gasteiger partial charge on any atom is -0.342 e. The summed E-state index contributed by atoms with van der Waals surface area (Å²) in [5.41, 5.74) is 0. The van der Waals surface area contributed by atoms with Crippen molar-refractivity contribution in [3.63, 3.8) is 0 Å². The van der Waals surface area contributed by atoms with E-state index >= 15 is 0 Å². The summed E-state index contributed by atoms with van der Waals surface area (Å²) in [6, 6.07) is 0.596. The van der Waals surface area contributed by atoms with Gasteiger partial charge >= 0.3 is 0 Å². The van der Waals surface area contributed by atoms with Gasteiger partial charge in [-0.2, -0.15) is 0 Å². The molecule has 18 heavy (non-hydrogen) atoms. The lowest BCUT2D eigenvalue weighted by atomic mass is 10.1. The topological polar surface area (TPSA) is 35.6 Å². The number of piperidine rings is 1. The summed E-state index contributed by atoms with van der Waals surface area (Å²) in [7, 11) is 0. The highest BCUT2D eigenvalue weighted by Gasteiger charge is 2.21. The molecule has 0 bridgehead atoms. The number of rotatable bonds is 5. The normalized spacial score (nSPS) is 24.8. The molecular formula is C14H27N3O. The zero-order chi connectivity index (χ0) is 12.8. The Hall–Kier alpha value is -0.610. The van der Waals surface area contributed by atoms with Crippen LogP contribution in [-0.4, -0.2) is 61.0 Å². The van der Waals surface area contributed by atoms with Crippen LogP contribution in [0.5, 0.6) is 0 Å². The molecule has 1 N–H and O–H groups in total. The Labute approximate surface area is 111 Å². The molecule has 2 saturated heterocycles. The van der Waals surface area contributed by atoms with Crippen LogP contribution in [0.3, 0.4) is 0 Å². The van der Waals surface area contributed by atoms with Gasteiger partial charge in [0.1, 0.15) is 0 Å². The maximum atomic E-state index is 12.2. The molecule has 0 aromatic rings. The van der Waals surface area contributed by atoms with Crippen molar-refractivity contribution in [3.8, 4) is 0 Å². The summed E-state index contributed by atoms with van der Waals surface area (Å²) in [5, 5.41) is 3.51. The summed E-state index contributed by atoms with van der Waals surface area (Å²) in [4.78, 5) is 16.5. The minimum atomic E-state index is 0.328. The van der Waals surface area contributed by atoms with Crippen molar-refractivity contribution in [3.05, 3.63) is 0 Å². The van der Waals surface area contributed by atoms with Gasteiger partial charge < -0.3 is 10.2 Å². The Bertz CT molecular complexity index is 258. The van der Waals surface area contributed by atoms with Gasteiger partial charge in [0.15, 0.2) is 0 Å². The summed E-state index contributed by atoms with van der Waals surface area (Å²) in [6.45, 7) is 7.83. The first kappa shape index (κ1) is 13.8. The van der Waals surface area contributed by atoms with Crippen LogP contribution in [0.1, 0.15) is 39.0 Å². The molecule has 1 amide bonds. The standard InChI is InChI=1S/C14H27N3O/c1-2-16(11-13-7-6-8-15-13)12-14(18)17-9-4-3-5-10-17/h13,15H,2-12H2,1H3. The maximum Gasteiger partial charge on any atom is 0.236 e.